The van der Waals surface area contributed by atoms with E-state index in [1.54, 1.807) is 18.2 Å². The van der Waals surface area contributed by atoms with E-state index in [2.05, 4.69) is 10.3 Å². The van der Waals surface area contributed by atoms with E-state index in [0.717, 1.165) is 10.9 Å². The predicted octanol–water partition coefficient (Wildman–Crippen LogP) is 3.96. The summed E-state index contributed by atoms with van der Waals surface area (Å²) >= 11 is 0. The third-order valence-electron chi connectivity index (χ3n) is 5.55. The highest BCUT2D eigenvalue weighted by atomic mass is 19.1. The van der Waals surface area contributed by atoms with Crippen molar-refractivity contribution < 1.29 is 14.0 Å². The number of halogens is 1. The van der Waals surface area contributed by atoms with E-state index in [4.69, 9.17) is 0 Å². The van der Waals surface area contributed by atoms with Crippen molar-refractivity contribution in [2.24, 2.45) is 5.92 Å². The molecule has 1 aliphatic heterocycles. The van der Waals surface area contributed by atoms with Gasteiger partial charge in [0.15, 0.2) is 0 Å². The van der Waals surface area contributed by atoms with E-state index >= 15 is 0 Å². The van der Waals surface area contributed by atoms with Crippen LogP contribution in [0.25, 0.3) is 10.9 Å². The van der Waals surface area contributed by atoms with Gasteiger partial charge in [0, 0.05) is 35.8 Å². The molecule has 1 aromatic heterocycles. The topological polar surface area (TPSA) is 82.3 Å². The van der Waals surface area contributed by atoms with Gasteiger partial charge < -0.3 is 15.2 Å². The number of anilines is 2. The Balaban J connectivity index is 1.54. The van der Waals surface area contributed by atoms with Gasteiger partial charge >= 0.3 is 0 Å². The quantitative estimate of drug-likeness (QED) is 0.672. The van der Waals surface area contributed by atoms with Crippen molar-refractivity contribution in [3.05, 3.63) is 70.3 Å². The van der Waals surface area contributed by atoms with Crippen LogP contribution in [0.4, 0.5) is 15.8 Å². The van der Waals surface area contributed by atoms with E-state index in [1.165, 1.54) is 29.2 Å². The molecule has 160 valence electrons. The van der Waals surface area contributed by atoms with Crippen LogP contribution in [0.2, 0.25) is 0 Å². The van der Waals surface area contributed by atoms with Gasteiger partial charge in [-0.3, -0.25) is 14.4 Å². The molecule has 1 atom stereocenters. The molecule has 0 bridgehead atoms. The fourth-order valence-electron chi connectivity index (χ4n) is 3.96. The zero-order valence-electron chi connectivity index (χ0n) is 17.7. The number of hydrogen-bond donors (Lipinski definition) is 2. The monoisotopic (exact) mass is 421 g/mol. The van der Waals surface area contributed by atoms with Gasteiger partial charge in [0.1, 0.15) is 5.82 Å². The molecule has 1 saturated heterocycles. The smallest absolute Gasteiger partial charge is 0.248 e. The maximum absolute atomic E-state index is 13.2. The second-order valence-corrected chi connectivity index (χ2v) is 8.93. The standard InChI is InChI=1S/C24H24FN3O3/c1-24(2,3)19-12-21(29)27-20-11-16(6-9-18(19)20)26-23(31)14-10-22(30)28(13-14)17-7-4-15(25)5-8-17/h4-9,11-12,14H,10,13H2,1-3H3,(H,26,31)(H,27,29). The van der Waals surface area contributed by atoms with Gasteiger partial charge in [-0.15, -0.1) is 0 Å². The summed E-state index contributed by atoms with van der Waals surface area (Å²) in [6.07, 6.45) is 0.0851. The Labute approximate surface area is 179 Å². The number of amides is 2. The molecule has 1 fully saturated rings. The van der Waals surface area contributed by atoms with E-state index in [0.29, 0.717) is 16.9 Å². The van der Waals surface area contributed by atoms with E-state index in [1.807, 2.05) is 26.8 Å². The maximum atomic E-state index is 13.2. The summed E-state index contributed by atoms with van der Waals surface area (Å²) in [5.41, 5.74) is 2.29. The van der Waals surface area contributed by atoms with Gasteiger partial charge in [-0.1, -0.05) is 26.8 Å². The van der Waals surface area contributed by atoms with Crippen molar-refractivity contribution >= 4 is 34.1 Å². The molecule has 0 saturated carbocycles. The van der Waals surface area contributed by atoms with Crippen molar-refractivity contribution in [1.29, 1.82) is 0 Å². The Hall–Kier alpha value is -3.48. The average Bonchev–Trinajstić information content (AvgIpc) is 3.09. The summed E-state index contributed by atoms with van der Waals surface area (Å²) in [6.45, 7) is 6.36. The highest BCUT2D eigenvalue weighted by molar-refractivity contribution is 6.04. The Morgan fingerprint density at radius 2 is 1.81 bits per heavy atom. The highest BCUT2D eigenvalue weighted by Gasteiger charge is 2.35. The molecular weight excluding hydrogens is 397 g/mol. The van der Waals surface area contributed by atoms with Crippen LogP contribution in [0.3, 0.4) is 0 Å². The molecule has 0 spiro atoms. The second kappa shape index (κ2) is 7.65. The second-order valence-electron chi connectivity index (χ2n) is 8.93. The third kappa shape index (κ3) is 4.21. The summed E-state index contributed by atoms with van der Waals surface area (Å²) in [6, 6.07) is 12.6. The molecule has 0 aliphatic carbocycles. The number of aromatic amines is 1. The first-order chi connectivity index (χ1) is 14.6. The third-order valence-corrected chi connectivity index (χ3v) is 5.55. The first-order valence-corrected chi connectivity index (χ1v) is 10.2. The number of fused-ring (bicyclic) bond motifs is 1. The van der Waals surface area contributed by atoms with E-state index < -0.39 is 5.92 Å². The minimum atomic E-state index is -0.520. The molecule has 1 aliphatic rings. The van der Waals surface area contributed by atoms with Crippen LogP contribution < -0.4 is 15.8 Å². The fraction of sp³-hybridized carbons (Fsp3) is 0.292. The van der Waals surface area contributed by atoms with Crippen molar-refractivity contribution in [2.45, 2.75) is 32.6 Å². The van der Waals surface area contributed by atoms with Gasteiger partial charge in [-0.2, -0.15) is 0 Å². The summed E-state index contributed by atoms with van der Waals surface area (Å²) in [5.74, 6) is -1.35. The molecule has 7 heteroatoms. The molecular formula is C24H24FN3O3. The van der Waals surface area contributed by atoms with Crippen LogP contribution in [0.5, 0.6) is 0 Å². The number of carbonyl (C=O) groups is 2. The first-order valence-electron chi connectivity index (χ1n) is 10.2. The number of hydrogen-bond acceptors (Lipinski definition) is 3. The summed E-state index contributed by atoms with van der Waals surface area (Å²) in [7, 11) is 0. The largest absolute Gasteiger partial charge is 0.326 e. The Morgan fingerprint density at radius 1 is 1.10 bits per heavy atom. The number of pyridine rings is 1. The van der Waals surface area contributed by atoms with Crippen molar-refractivity contribution in [1.82, 2.24) is 4.98 Å². The summed E-state index contributed by atoms with van der Waals surface area (Å²) < 4.78 is 13.2. The van der Waals surface area contributed by atoms with Crippen LogP contribution in [-0.4, -0.2) is 23.3 Å². The molecule has 2 heterocycles. The number of nitrogens with one attached hydrogen (secondary N) is 2. The van der Waals surface area contributed by atoms with Gasteiger partial charge in [0.2, 0.25) is 17.4 Å². The van der Waals surface area contributed by atoms with Crippen molar-refractivity contribution in [3.63, 3.8) is 0 Å². The van der Waals surface area contributed by atoms with Crippen molar-refractivity contribution in [2.75, 3.05) is 16.8 Å². The number of nitrogens with zero attached hydrogens (tertiary/aromatic N) is 1. The zero-order valence-corrected chi connectivity index (χ0v) is 17.7. The number of H-pyrrole nitrogens is 1. The molecule has 4 rings (SSSR count). The minimum absolute atomic E-state index is 0.0851. The Kier molecular flexibility index (Phi) is 5.13. The van der Waals surface area contributed by atoms with Gasteiger partial charge in [-0.25, -0.2) is 4.39 Å². The lowest BCUT2D eigenvalue weighted by atomic mass is 9.85. The fourth-order valence-corrected chi connectivity index (χ4v) is 3.96. The molecule has 31 heavy (non-hydrogen) atoms. The lowest BCUT2D eigenvalue weighted by Gasteiger charge is -2.21. The number of aromatic nitrogens is 1. The predicted molar refractivity (Wildman–Crippen MR) is 119 cm³/mol. The molecule has 3 aromatic rings. The van der Waals surface area contributed by atoms with Gasteiger partial charge in [0.05, 0.1) is 11.4 Å². The van der Waals surface area contributed by atoms with Gasteiger partial charge in [0.25, 0.3) is 0 Å². The normalized spacial score (nSPS) is 16.7. The first kappa shape index (κ1) is 20.8. The van der Waals surface area contributed by atoms with Crippen LogP contribution in [-0.2, 0) is 15.0 Å². The number of rotatable bonds is 3. The highest BCUT2D eigenvalue weighted by Crippen LogP contribution is 2.30. The van der Waals surface area contributed by atoms with Crippen LogP contribution in [0.1, 0.15) is 32.8 Å². The van der Waals surface area contributed by atoms with E-state index in [-0.39, 0.29) is 41.6 Å². The number of benzene rings is 2. The molecule has 1 unspecified atom stereocenters. The molecule has 2 N–H and O–H groups in total. The lowest BCUT2D eigenvalue weighted by Crippen LogP contribution is -2.28. The average molecular weight is 421 g/mol. The lowest BCUT2D eigenvalue weighted by molar-refractivity contribution is -0.122. The zero-order chi connectivity index (χ0) is 22.3. The minimum Gasteiger partial charge on any atom is -0.326 e. The Morgan fingerprint density at radius 3 is 2.48 bits per heavy atom. The molecule has 6 nitrogen and oxygen atoms in total. The SMILES string of the molecule is CC(C)(C)c1cc(=O)[nH]c2cc(NC(=O)C3CC(=O)N(c4ccc(F)cc4)C3)ccc12. The van der Waals surface area contributed by atoms with Crippen molar-refractivity contribution in [3.8, 4) is 0 Å². The number of carbonyl (C=O) groups excluding carboxylic acids is 2. The molecule has 2 amide bonds. The molecule has 2 aromatic carbocycles. The Bertz CT molecular complexity index is 1230. The van der Waals surface area contributed by atoms with Crippen LogP contribution in [0.15, 0.2) is 53.3 Å². The summed E-state index contributed by atoms with van der Waals surface area (Å²) in [4.78, 5) is 41.6. The maximum Gasteiger partial charge on any atom is 0.248 e. The summed E-state index contributed by atoms with van der Waals surface area (Å²) in [5, 5.41) is 3.78. The van der Waals surface area contributed by atoms with Crippen LogP contribution in [0, 0.1) is 11.7 Å². The van der Waals surface area contributed by atoms with Crippen LogP contribution >= 0.6 is 0 Å². The molecule has 0 radical (unpaired) electrons. The van der Waals surface area contributed by atoms with E-state index in [9.17, 15) is 18.8 Å². The van der Waals surface area contributed by atoms with Gasteiger partial charge in [-0.05, 0) is 47.4 Å².